The molecule has 1 N–H and O–H groups in total. The van der Waals surface area contributed by atoms with Crippen LogP contribution in [0.2, 0.25) is 0 Å². The largest absolute Gasteiger partial charge is 0.381 e. The molecule has 1 aliphatic rings. The number of likely N-dealkylation sites (tertiary alicyclic amines) is 1. The van der Waals surface area contributed by atoms with Crippen LogP contribution in [-0.4, -0.2) is 28.4 Å². The highest BCUT2D eigenvalue weighted by atomic mass is 19.1. The lowest BCUT2D eigenvalue weighted by Gasteiger charge is -2.35. The molecule has 1 fully saturated rings. The fraction of sp³-hybridized carbons (Fsp3) is 0.400. The average Bonchev–Trinajstić information content (AvgIpc) is 2.67. The smallest absolute Gasteiger partial charge is 0.272 e. The molecule has 1 atom stereocenters. The standard InChI is InChI=1S/C20H24FN3O/c1-2-17-8-5-6-12-24(17)20(25)19-13-16(10-11-22-19)23-14-15-7-3-4-9-18(15)21/h3-4,7,9-11,13,17H,2,5-6,8,12,14H2,1H3,(H,22,23). The van der Waals surface area contributed by atoms with Crippen LogP contribution >= 0.6 is 0 Å². The third-order valence-electron chi connectivity index (χ3n) is 4.78. The van der Waals surface area contributed by atoms with Gasteiger partial charge in [-0.2, -0.15) is 0 Å². The van der Waals surface area contributed by atoms with Crippen molar-refractivity contribution in [2.75, 3.05) is 11.9 Å². The molecule has 0 aliphatic carbocycles. The minimum absolute atomic E-state index is 0.0129. The number of nitrogens with one attached hydrogen (secondary N) is 1. The third-order valence-corrected chi connectivity index (χ3v) is 4.78. The number of nitrogens with zero attached hydrogens (tertiary/aromatic N) is 2. The summed E-state index contributed by atoms with van der Waals surface area (Å²) in [6.45, 7) is 3.29. The number of pyridine rings is 1. The second kappa shape index (κ2) is 8.10. The van der Waals surface area contributed by atoms with E-state index in [1.807, 2.05) is 11.0 Å². The predicted octanol–water partition coefficient (Wildman–Crippen LogP) is 4.24. The first kappa shape index (κ1) is 17.4. The maximum atomic E-state index is 13.7. The molecule has 0 radical (unpaired) electrons. The molecule has 1 aliphatic heterocycles. The molecule has 1 amide bonds. The van der Waals surface area contributed by atoms with Crippen LogP contribution in [0.5, 0.6) is 0 Å². The number of amides is 1. The van der Waals surface area contributed by atoms with Crippen LogP contribution in [0.1, 0.15) is 48.7 Å². The van der Waals surface area contributed by atoms with E-state index in [0.717, 1.165) is 31.5 Å². The number of carbonyl (C=O) groups excluding carboxylic acids is 1. The van der Waals surface area contributed by atoms with Crippen molar-refractivity contribution in [3.63, 3.8) is 0 Å². The summed E-state index contributed by atoms with van der Waals surface area (Å²) < 4.78 is 13.7. The van der Waals surface area contributed by atoms with Crippen molar-refractivity contribution in [2.45, 2.75) is 45.2 Å². The first-order valence-electron chi connectivity index (χ1n) is 8.93. The fourth-order valence-corrected chi connectivity index (χ4v) is 3.34. The number of halogens is 1. The van der Waals surface area contributed by atoms with Gasteiger partial charge in [0.05, 0.1) is 0 Å². The van der Waals surface area contributed by atoms with Crippen molar-refractivity contribution in [2.24, 2.45) is 0 Å². The zero-order valence-electron chi connectivity index (χ0n) is 14.5. The van der Waals surface area contributed by atoms with Crippen molar-refractivity contribution in [1.29, 1.82) is 0 Å². The van der Waals surface area contributed by atoms with Gasteiger partial charge in [0.15, 0.2) is 0 Å². The minimum atomic E-state index is -0.237. The molecular formula is C20H24FN3O. The molecule has 4 nitrogen and oxygen atoms in total. The summed E-state index contributed by atoms with van der Waals surface area (Å²) in [5.41, 5.74) is 1.81. The Morgan fingerprint density at radius 1 is 1.32 bits per heavy atom. The summed E-state index contributed by atoms with van der Waals surface area (Å²) in [5.74, 6) is -0.249. The normalized spacial score (nSPS) is 17.4. The van der Waals surface area contributed by atoms with Gasteiger partial charge < -0.3 is 10.2 Å². The van der Waals surface area contributed by atoms with E-state index in [9.17, 15) is 9.18 Å². The van der Waals surface area contributed by atoms with E-state index in [2.05, 4.69) is 17.2 Å². The molecule has 2 aromatic rings. The van der Waals surface area contributed by atoms with Gasteiger partial charge in [-0.1, -0.05) is 25.1 Å². The van der Waals surface area contributed by atoms with Gasteiger partial charge in [-0.05, 0) is 43.9 Å². The van der Waals surface area contributed by atoms with Crippen LogP contribution < -0.4 is 5.32 Å². The molecule has 1 aromatic heterocycles. The molecule has 0 spiro atoms. The van der Waals surface area contributed by atoms with Crippen molar-refractivity contribution in [3.8, 4) is 0 Å². The summed E-state index contributed by atoms with van der Waals surface area (Å²) in [7, 11) is 0. The van der Waals surface area contributed by atoms with Crippen LogP contribution in [0.15, 0.2) is 42.6 Å². The summed E-state index contributed by atoms with van der Waals surface area (Å²) in [6, 6.07) is 10.5. The number of aromatic nitrogens is 1. The van der Waals surface area contributed by atoms with E-state index in [-0.39, 0.29) is 11.7 Å². The number of hydrogen-bond donors (Lipinski definition) is 1. The third kappa shape index (κ3) is 4.16. The number of benzene rings is 1. The Labute approximate surface area is 148 Å². The van der Waals surface area contributed by atoms with Crippen LogP contribution in [0.25, 0.3) is 0 Å². The summed E-state index contributed by atoms with van der Waals surface area (Å²) in [6.07, 6.45) is 5.89. The zero-order valence-corrected chi connectivity index (χ0v) is 14.5. The lowest BCUT2D eigenvalue weighted by Crippen LogP contribution is -2.43. The van der Waals surface area contributed by atoms with Gasteiger partial charge in [-0.15, -0.1) is 0 Å². The molecule has 5 heteroatoms. The van der Waals surface area contributed by atoms with Crippen LogP contribution in [-0.2, 0) is 6.54 Å². The molecule has 1 unspecified atom stereocenters. The predicted molar refractivity (Wildman–Crippen MR) is 96.9 cm³/mol. The molecular weight excluding hydrogens is 317 g/mol. The highest BCUT2D eigenvalue weighted by Gasteiger charge is 2.26. The first-order valence-corrected chi connectivity index (χ1v) is 8.93. The maximum absolute atomic E-state index is 13.7. The van der Waals surface area contributed by atoms with Crippen molar-refractivity contribution in [1.82, 2.24) is 9.88 Å². The summed E-state index contributed by atoms with van der Waals surface area (Å²) in [5, 5.41) is 3.17. The summed E-state index contributed by atoms with van der Waals surface area (Å²) >= 11 is 0. The number of hydrogen-bond acceptors (Lipinski definition) is 3. The van der Waals surface area contributed by atoms with Gasteiger partial charge in [0.2, 0.25) is 0 Å². The van der Waals surface area contributed by atoms with E-state index in [4.69, 9.17) is 0 Å². The zero-order chi connectivity index (χ0) is 17.6. The Bertz CT molecular complexity index is 734. The van der Waals surface area contributed by atoms with Crippen molar-refractivity contribution >= 4 is 11.6 Å². The Morgan fingerprint density at radius 3 is 2.96 bits per heavy atom. The SMILES string of the molecule is CCC1CCCCN1C(=O)c1cc(NCc2ccccc2F)ccn1. The molecule has 132 valence electrons. The Morgan fingerprint density at radius 2 is 2.16 bits per heavy atom. The highest BCUT2D eigenvalue weighted by molar-refractivity contribution is 5.93. The minimum Gasteiger partial charge on any atom is -0.381 e. The second-order valence-corrected chi connectivity index (χ2v) is 6.43. The molecule has 25 heavy (non-hydrogen) atoms. The maximum Gasteiger partial charge on any atom is 0.272 e. The van der Waals surface area contributed by atoms with Gasteiger partial charge in [0.25, 0.3) is 5.91 Å². The molecule has 1 aromatic carbocycles. The van der Waals surface area contributed by atoms with Gasteiger partial charge in [0.1, 0.15) is 11.5 Å². The monoisotopic (exact) mass is 341 g/mol. The van der Waals surface area contributed by atoms with Crippen LogP contribution in [0.4, 0.5) is 10.1 Å². The quantitative estimate of drug-likeness (QED) is 0.885. The molecule has 3 rings (SSSR count). The fourth-order valence-electron chi connectivity index (χ4n) is 3.34. The lowest BCUT2D eigenvalue weighted by atomic mass is 9.99. The Kier molecular flexibility index (Phi) is 5.64. The topological polar surface area (TPSA) is 45.2 Å². The number of piperidine rings is 1. The van der Waals surface area contributed by atoms with Crippen molar-refractivity contribution in [3.05, 3.63) is 59.7 Å². The Balaban J connectivity index is 1.70. The van der Waals surface area contributed by atoms with Crippen LogP contribution in [0, 0.1) is 5.82 Å². The number of carbonyl (C=O) groups is 1. The van der Waals surface area contributed by atoms with Gasteiger partial charge >= 0.3 is 0 Å². The van der Waals surface area contributed by atoms with Gasteiger partial charge in [0, 0.05) is 36.6 Å². The summed E-state index contributed by atoms with van der Waals surface area (Å²) in [4.78, 5) is 19.0. The van der Waals surface area contributed by atoms with E-state index in [1.54, 1.807) is 30.5 Å². The van der Waals surface area contributed by atoms with E-state index in [0.29, 0.717) is 23.8 Å². The highest BCUT2D eigenvalue weighted by Crippen LogP contribution is 2.22. The van der Waals surface area contributed by atoms with Gasteiger partial charge in [-0.3, -0.25) is 9.78 Å². The van der Waals surface area contributed by atoms with E-state index < -0.39 is 0 Å². The number of anilines is 1. The average molecular weight is 341 g/mol. The van der Waals surface area contributed by atoms with E-state index in [1.165, 1.54) is 12.5 Å². The first-order chi connectivity index (χ1) is 12.2. The van der Waals surface area contributed by atoms with E-state index >= 15 is 0 Å². The van der Waals surface area contributed by atoms with Crippen molar-refractivity contribution < 1.29 is 9.18 Å². The van der Waals surface area contributed by atoms with Crippen LogP contribution in [0.3, 0.4) is 0 Å². The number of rotatable bonds is 5. The molecule has 1 saturated heterocycles. The van der Waals surface area contributed by atoms with Gasteiger partial charge in [-0.25, -0.2) is 4.39 Å². The molecule has 0 bridgehead atoms. The molecule has 2 heterocycles. The lowest BCUT2D eigenvalue weighted by molar-refractivity contribution is 0.0602. The Hall–Kier alpha value is -2.43. The second-order valence-electron chi connectivity index (χ2n) is 6.43. The molecule has 0 saturated carbocycles.